The van der Waals surface area contributed by atoms with E-state index in [-0.39, 0.29) is 11.9 Å². The molecule has 2 aromatic carbocycles. The van der Waals surface area contributed by atoms with Crippen LogP contribution < -0.4 is 10.2 Å². The number of benzene rings is 2. The molecule has 150 valence electrons. The molecule has 0 bridgehead atoms. The Hall–Kier alpha value is -1.94. The molecule has 1 aliphatic rings. The van der Waals surface area contributed by atoms with E-state index in [1.165, 1.54) is 18.5 Å². The van der Waals surface area contributed by atoms with Crippen LogP contribution in [0.4, 0.5) is 5.69 Å². The third kappa shape index (κ3) is 5.32. The Morgan fingerprint density at radius 1 is 1.04 bits per heavy atom. The van der Waals surface area contributed by atoms with Crippen LogP contribution in [-0.4, -0.2) is 24.2 Å². The predicted molar refractivity (Wildman–Crippen MR) is 120 cm³/mol. The standard InChI is InChI=1S/C24H32N2OS/c1-17(2)28-23-8-6-5-7-22(23)24(27)25-19(4)20-9-11-21(12-10-20)26-15-13-18(3)14-16-26/h5-12,17-19H,13-16H2,1-4H3,(H,25,27)/t19-/m0/s1. The molecule has 1 amide bonds. The third-order valence-corrected chi connectivity index (χ3v) is 6.47. The van der Waals surface area contributed by atoms with Crippen molar-refractivity contribution in [3.8, 4) is 0 Å². The maximum absolute atomic E-state index is 12.8. The van der Waals surface area contributed by atoms with Gasteiger partial charge < -0.3 is 10.2 Å². The van der Waals surface area contributed by atoms with E-state index in [9.17, 15) is 4.79 Å². The number of amides is 1. The SMILES string of the molecule is CC1CCN(c2ccc([C@H](C)NC(=O)c3ccccc3SC(C)C)cc2)CC1. The van der Waals surface area contributed by atoms with E-state index in [4.69, 9.17) is 0 Å². The van der Waals surface area contributed by atoms with Gasteiger partial charge in [-0.1, -0.05) is 45.0 Å². The average Bonchev–Trinajstić information content (AvgIpc) is 2.68. The van der Waals surface area contributed by atoms with Crippen LogP contribution in [0.1, 0.15) is 62.5 Å². The second-order valence-electron chi connectivity index (χ2n) is 8.12. The fourth-order valence-corrected chi connectivity index (χ4v) is 4.56. The molecule has 3 nitrogen and oxygen atoms in total. The molecule has 2 aromatic rings. The molecule has 1 aliphatic heterocycles. The highest BCUT2D eigenvalue weighted by atomic mass is 32.2. The summed E-state index contributed by atoms with van der Waals surface area (Å²) >= 11 is 1.73. The molecule has 0 radical (unpaired) electrons. The van der Waals surface area contributed by atoms with Crippen molar-refractivity contribution in [3.05, 3.63) is 59.7 Å². The van der Waals surface area contributed by atoms with Gasteiger partial charge in [0.1, 0.15) is 0 Å². The lowest BCUT2D eigenvalue weighted by Crippen LogP contribution is -2.32. The smallest absolute Gasteiger partial charge is 0.252 e. The third-order valence-electron chi connectivity index (χ3n) is 5.38. The van der Waals surface area contributed by atoms with Gasteiger partial charge in [-0.2, -0.15) is 0 Å². The second-order valence-corrected chi connectivity index (χ2v) is 9.74. The first-order chi connectivity index (χ1) is 13.4. The maximum Gasteiger partial charge on any atom is 0.252 e. The zero-order valence-electron chi connectivity index (χ0n) is 17.4. The van der Waals surface area contributed by atoms with Gasteiger partial charge in [-0.3, -0.25) is 4.79 Å². The summed E-state index contributed by atoms with van der Waals surface area (Å²) in [6.07, 6.45) is 2.53. The summed E-state index contributed by atoms with van der Waals surface area (Å²) < 4.78 is 0. The number of rotatable bonds is 6. The number of hydrogen-bond donors (Lipinski definition) is 1. The van der Waals surface area contributed by atoms with Crippen LogP contribution in [0.2, 0.25) is 0 Å². The molecule has 28 heavy (non-hydrogen) atoms. The van der Waals surface area contributed by atoms with E-state index in [0.717, 1.165) is 35.0 Å². The maximum atomic E-state index is 12.8. The normalized spacial score (nSPS) is 16.2. The van der Waals surface area contributed by atoms with Gasteiger partial charge in [0.25, 0.3) is 5.91 Å². The van der Waals surface area contributed by atoms with E-state index in [0.29, 0.717) is 5.25 Å². The van der Waals surface area contributed by atoms with Crippen molar-refractivity contribution in [2.45, 2.75) is 56.7 Å². The lowest BCUT2D eigenvalue weighted by Gasteiger charge is -2.32. The summed E-state index contributed by atoms with van der Waals surface area (Å²) in [5.74, 6) is 0.827. The van der Waals surface area contributed by atoms with Crippen molar-refractivity contribution in [1.82, 2.24) is 5.32 Å². The molecule has 3 rings (SSSR count). The molecule has 0 spiro atoms. The van der Waals surface area contributed by atoms with E-state index >= 15 is 0 Å². The van der Waals surface area contributed by atoms with E-state index in [2.05, 4.69) is 55.3 Å². The summed E-state index contributed by atoms with van der Waals surface area (Å²) in [7, 11) is 0. The number of nitrogens with one attached hydrogen (secondary N) is 1. The van der Waals surface area contributed by atoms with Crippen molar-refractivity contribution in [3.63, 3.8) is 0 Å². The highest BCUT2D eigenvalue weighted by Crippen LogP contribution is 2.28. The van der Waals surface area contributed by atoms with Crippen molar-refractivity contribution >= 4 is 23.4 Å². The summed E-state index contributed by atoms with van der Waals surface area (Å²) in [5, 5.41) is 3.61. The van der Waals surface area contributed by atoms with Gasteiger partial charge in [-0.05, 0) is 55.5 Å². The lowest BCUT2D eigenvalue weighted by atomic mass is 9.98. The monoisotopic (exact) mass is 396 g/mol. The number of anilines is 1. The molecular formula is C24H32N2OS. The number of piperidine rings is 1. The van der Waals surface area contributed by atoms with Gasteiger partial charge in [-0.15, -0.1) is 11.8 Å². The average molecular weight is 397 g/mol. The van der Waals surface area contributed by atoms with Crippen molar-refractivity contribution < 1.29 is 4.79 Å². The van der Waals surface area contributed by atoms with Crippen LogP contribution in [0, 0.1) is 5.92 Å². The van der Waals surface area contributed by atoms with Gasteiger partial charge in [0.15, 0.2) is 0 Å². The molecule has 1 saturated heterocycles. The minimum Gasteiger partial charge on any atom is -0.372 e. The predicted octanol–water partition coefficient (Wildman–Crippen LogP) is 5.91. The minimum atomic E-state index is -0.0277. The molecule has 1 heterocycles. The highest BCUT2D eigenvalue weighted by molar-refractivity contribution is 8.00. The fraction of sp³-hybridized carbons (Fsp3) is 0.458. The number of nitrogens with zero attached hydrogens (tertiary/aromatic N) is 1. The number of carbonyl (C=O) groups excluding carboxylic acids is 1. The second kappa shape index (κ2) is 9.51. The topological polar surface area (TPSA) is 32.3 Å². The van der Waals surface area contributed by atoms with Gasteiger partial charge >= 0.3 is 0 Å². The van der Waals surface area contributed by atoms with Gasteiger partial charge in [0.05, 0.1) is 11.6 Å². The summed E-state index contributed by atoms with van der Waals surface area (Å²) in [6.45, 7) is 10.9. The zero-order chi connectivity index (χ0) is 20.1. The van der Waals surface area contributed by atoms with E-state index < -0.39 is 0 Å². The van der Waals surface area contributed by atoms with Gasteiger partial charge in [-0.25, -0.2) is 0 Å². The number of hydrogen-bond acceptors (Lipinski definition) is 3. The Labute approximate surface area is 173 Å². The van der Waals surface area contributed by atoms with E-state index in [1.807, 2.05) is 31.2 Å². The summed E-state index contributed by atoms with van der Waals surface area (Å²) in [4.78, 5) is 16.3. The minimum absolute atomic E-state index is 0.00894. The highest BCUT2D eigenvalue weighted by Gasteiger charge is 2.18. The lowest BCUT2D eigenvalue weighted by molar-refractivity contribution is 0.0937. The number of carbonyl (C=O) groups is 1. The van der Waals surface area contributed by atoms with Crippen molar-refractivity contribution in [2.24, 2.45) is 5.92 Å². The molecule has 1 atom stereocenters. The van der Waals surface area contributed by atoms with Crippen molar-refractivity contribution in [2.75, 3.05) is 18.0 Å². The Kier molecular flexibility index (Phi) is 7.06. The first-order valence-electron chi connectivity index (χ1n) is 10.4. The van der Waals surface area contributed by atoms with Gasteiger partial charge in [0, 0.05) is 28.9 Å². The van der Waals surface area contributed by atoms with Crippen LogP contribution >= 0.6 is 11.8 Å². The van der Waals surface area contributed by atoms with Crippen LogP contribution in [-0.2, 0) is 0 Å². The molecule has 0 unspecified atom stereocenters. The molecule has 1 fully saturated rings. The largest absolute Gasteiger partial charge is 0.372 e. The van der Waals surface area contributed by atoms with Gasteiger partial charge in [0.2, 0.25) is 0 Å². The van der Waals surface area contributed by atoms with Crippen LogP contribution in [0.5, 0.6) is 0 Å². The van der Waals surface area contributed by atoms with Crippen molar-refractivity contribution in [1.29, 1.82) is 0 Å². The molecule has 0 aromatic heterocycles. The molecule has 0 saturated carbocycles. The molecule has 0 aliphatic carbocycles. The Balaban J connectivity index is 1.65. The number of thioether (sulfide) groups is 1. The summed E-state index contributed by atoms with van der Waals surface area (Å²) in [5.41, 5.74) is 3.18. The Morgan fingerprint density at radius 3 is 2.32 bits per heavy atom. The first-order valence-corrected chi connectivity index (χ1v) is 11.2. The van der Waals surface area contributed by atoms with Crippen LogP contribution in [0.25, 0.3) is 0 Å². The molecule has 1 N–H and O–H groups in total. The molecular weight excluding hydrogens is 364 g/mol. The summed E-state index contributed by atoms with van der Waals surface area (Å²) in [6, 6.07) is 16.5. The molecule has 4 heteroatoms. The Morgan fingerprint density at radius 2 is 1.68 bits per heavy atom. The van der Waals surface area contributed by atoms with Crippen LogP contribution in [0.3, 0.4) is 0 Å². The Bertz CT molecular complexity index is 779. The zero-order valence-corrected chi connectivity index (χ0v) is 18.3. The van der Waals surface area contributed by atoms with E-state index in [1.54, 1.807) is 11.8 Å². The van der Waals surface area contributed by atoms with Crippen LogP contribution in [0.15, 0.2) is 53.4 Å². The first kappa shape index (κ1) is 20.8. The fourth-order valence-electron chi connectivity index (χ4n) is 3.61. The quantitative estimate of drug-likeness (QED) is 0.616.